The summed E-state index contributed by atoms with van der Waals surface area (Å²) < 4.78 is 52.8. The third-order valence-electron chi connectivity index (χ3n) is 1.99. The molecule has 1 aromatic heterocycles. The van der Waals surface area contributed by atoms with E-state index in [1.165, 1.54) is 0 Å². The van der Waals surface area contributed by atoms with E-state index in [9.17, 15) is 17.7 Å². The maximum atomic E-state index is 12.5. The molecule has 0 bridgehead atoms. The molecule has 0 aromatic carbocycles. The molecule has 0 aliphatic heterocycles. The van der Waals surface area contributed by atoms with Crippen LogP contribution in [-0.4, -0.2) is 20.5 Å². The topological polar surface area (TPSA) is 48.3 Å². The molecule has 0 saturated carbocycles. The first kappa shape index (κ1) is 16.5. The zero-order chi connectivity index (χ0) is 14.8. The molecule has 0 amide bonds. The third kappa shape index (κ3) is 4.77. The monoisotopic (exact) mass is 356 g/mol. The summed E-state index contributed by atoms with van der Waals surface area (Å²) in [4.78, 5) is 3.28. The molecule has 0 N–H and O–H groups in total. The number of aromatic nitrogens is 1. The second kappa shape index (κ2) is 5.80. The Morgan fingerprint density at radius 3 is 2.42 bits per heavy atom. The van der Waals surface area contributed by atoms with E-state index >= 15 is 0 Å². The van der Waals surface area contributed by atoms with Gasteiger partial charge in [-0.25, -0.2) is 0 Å². The number of hydrogen-bond acceptors (Lipinski definition) is 3. The van der Waals surface area contributed by atoms with Gasteiger partial charge < -0.3 is 4.55 Å². The maximum Gasteiger partial charge on any atom is 0.433 e. The van der Waals surface area contributed by atoms with Crippen LogP contribution in [0.4, 0.5) is 13.2 Å². The first-order valence-electron chi connectivity index (χ1n) is 5.20. The molecule has 1 heterocycles. The highest BCUT2D eigenvalue weighted by atomic mass is 79.9. The third-order valence-corrected chi connectivity index (χ3v) is 3.99. The standard InChI is InChI=1S/C11H12BrF3N2OS/c1-10(2,3)19(18)17-5-7-4-9(11(13,14)15)16-6-8(7)12/h4-6H,1-3H3/t19-/m1/s1. The van der Waals surface area contributed by atoms with Crippen LogP contribution in [0.25, 0.3) is 0 Å². The fourth-order valence-electron chi connectivity index (χ4n) is 0.971. The Hall–Kier alpha value is -0.600. The molecule has 1 atom stereocenters. The summed E-state index contributed by atoms with van der Waals surface area (Å²) in [5.74, 6) is 0. The Kier molecular flexibility index (Phi) is 5.02. The normalized spacial score (nSPS) is 14.9. The van der Waals surface area contributed by atoms with E-state index in [0.717, 1.165) is 18.5 Å². The Morgan fingerprint density at radius 2 is 1.95 bits per heavy atom. The average Bonchev–Trinajstić information content (AvgIpc) is 2.24. The van der Waals surface area contributed by atoms with Gasteiger partial charge in [0.2, 0.25) is 0 Å². The highest BCUT2D eigenvalue weighted by Gasteiger charge is 2.33. The quantitative estimate of drug-likeness (QED) is 0.598. The molecule has 0 spiro atoms. The smallest absolute Gasteiger partial charge is 0.433 e. The van der Waals surface area contributed by atoms with Gasteiger partial charge in [0.05, 0.1) is 6.21 Å². The molecular weight excluding hydrogens is 345 g/mol. The van der Waals surface area contributed by atoms with Crippen LogP contribution in [0.2, 0.25) is 0 Å². The fourth-order valence-corrected chi connectivity index (χ4v) is 1.82. The van der Waals surface area contributed by atoms with Crippen molar-refractivity contribution < 1.29 is 17.7 Å². The van der Waals surface area contributed by atoms with Crippen molar-refractivity contribution in [3.8, 4) is 0 Å². The van der Waals surface area contributed by atoms with Crippen molar-refractivity contribution in [2.45, 2.75) is 31.7 Å². The number of halogens is 4. The van der Waals surface area contributed by atoms with E-state index in [2.05, 4.69) is 25.3 Å². The number of pyridine rings is 1. The first-order valence-corrected chi connectivity index (χ1v) is 7.10. The molecule has 0 unspecified atom stereocenters. The number of nitrogens with zero attached hydrogens (tertiary/aromatic N) is 2. The highest BCUT2D eigenvalue weighted by Crippen LogP contribution is 2.29. The van der Waals surface area contributed by atoms with Gasteiger partial charge in [-0.05, 0) is 42.8 Å². The summed E-state index contributed by atoms with van der Waals surface area (Å²) in [6.45, 7) is 5.18. The molecule has 0 aliphatic carbocycles. The van der Waals surface area contributed by atoms with Crippen molar-refractivity contribution >= 4 is 33.5 Å². The van der Waals surface area contributed by atoms with Gasteiger partial charge in [-0.1, -0.05) is 4.40 Å². The van der Waals surface area contributed by atoms with Crippen LogP contribution in [0.1, 0.15) is 32.0 Å². The lowest BCUT2D eigenvalue weighted by Gasteiger charge is -2.17. The lowest BCUT2D eigenvalue weighted by molar-refractivity contribution is -0.141. The molecule has 0 fully saturated rings. The molecule has 1 aromatic rings. The molecule has 3 nitrogen and oxygen atoms in total. The predicted molar refractivity (Wildman–Crippen MR) is 72.4 cm³/mol. The van der Waals surface area contributed by atoms with Crippen molar-refractivity contribution in [3.05, 3.63) is 28.0 Å². The second-order valence-corrected chi connectivity index (χ2v) is 7.47. The van der Waals surface area contributed by atoms with E-state index < -0.39 is 28.0 Å². The van der Waals surface area contributed by atoms with E-state index in [1.54, 1.807) is 20.8 Å². The maximum absolute atomic E-state index is 12.5. The molecule has 0 radical (unpaired) electrons. The molecular formula is C11H12BrF3N2OS. The SMILES string of the molecule is CC(C)(C)[S@@+]([O-])N=Cc1cc(C(F)(F)F)ncc1Br. The fraction of sp³-hybridized carbons (Fsp3) is 0.455. The summed E-state index contributed by atoms with van der Waals surface area (Å²) in [5.41, 5.74) is -0.835. The van der Waals surface area contributed by atoms with Crippen molar-refractivity contribution in [1.29, 1.82) is 0 Å². The van der Waals surface area contributed by atoms with E-state index in [1.807, 2.05) is 0 Å². The Labute approximate surface area is 120 Å². The van der Waals surface area contributed by atoms with Gasteiger partial charge in [-0.15, -0.1) is 0 Å². The van der Waals surface area contributed by atoms with Crippen LogP contribution in [0.5, 0.6) is 0 Å². The minimum atomic E-state index is -4.52. The van der Waals surface area contributed by atoms with Crippen LogP contribution in [0.15, 0.2) is 21.1 Å². The van der Waals surface area contributed by atoms with Gasteiger partial charge in [0.15, 0.2) is 0 Å². The van der Waals surface area contributed by atoms with Crippen molar-refractivity contribution in [2.24, 2.45) is 4.40 Å². The summed E-state index contributed by atoms with van der Waals surface area (Å²) in [7, 11) is 0. The van der Waals surface area contributed by atoms with Crippen molar-refractivity contribution in [1.82, 2.24) is 4.98 Å². The van der Waals surface area contributed by atoms with Gasteiger partial charge in [0.25, 0.3) is 0 Å². The van der Waals surface area contributed by atoms with Crippen molar-refractivity contribution in [3.63, 3.8) is 0 Å². The zero-order valence-electron chi connectivity index (χ0n) is 10.5. The largest absolute Gasteiger partial charge is 0.591 e. The van der Waals surface area contributed by atoms with Crippen LogP contribution in [0, 0.1) is 0 Å². The molecule has 8 heteroatoms. The molecule has 0 aliphatic rings. The van der Waals surface area contributed by atoms with Gasteiger partial charge in [0, 0.05) is 16.2 Å². The summed E-state index contributed by atoms with van der Waals surface area (Å²) in [5, 5.41) is 0. The lowest BCUT2D eigenvalue weighted by Crippen LogP contribution is -2.25. The first-order chi connectivity index (χ1) is 8.51. The van der Waals surface area contributed by atoms with Gasteiger partial charge >= 0.3 is 6.18 Å². The number of hydrogen-bond donors (Lipinski definition) is 0. The van der Waals surface area contributed by atoms with Crippen molar-refractivity contribution in [2.75, 3.05) is 0 Å². The Bertz CT molecular complexity index is 486. The second-order valence-electron chi connectivity index (χ2n) is 4.68. The van der Waals surface area contributed by atoms with Crippen LogP contribution < -0.4 is 0 Å². The minimum absolute atomic E-state index is 0.180. The number of rotatable bonds is 2. The van der Waals surface area contributed by atoms with Crippen LogP contribution in [-0.2, 0) is 17.5 Å². The van der Waals surface area contributed by atoms with E-state index in [-0.39, 0.29) is 5.56 Å². The molecule has 19 heavy (non-hydrogen) atoms. The zero-order valence-corrected chi connectivity index (χ0v) is 12.9. The average molecular weight is 357 g/mol. The van der Waals surface area contributed by atoms with E-state index in [4.69, 9.17) is 0 Å². The van der Waals surface area contributed by atoms with Crippen LogP contribution in [0.3, 0.4) is 0 Å². The molecule has 0 saturated heterocycles. The van der Waals surface area contributed by atoms with Gasteiger partial charge in [0.1, 0.15) is 21.8 Å². The van der Waals surface area contributed by atoms with E-state index in [0.29, 0.717) is 4.47 Å². The van der Waals surface area contributed by atoms with Gasteiger partial charge in [-0.3, -0.25) is 4.98 Å². The highest BCUT2D eigenvalue weighted by molar-refractivity contribution is 9.10. The minimum Gasteiger partial charge on any atom is -0.591 e. The van der Waals surface area contributed by atoms with Crippen LogP contribution >= 0.6 is 15.9 Å². The lowest BCUT2D eigenvalue weighted by atomic mass is 10.2. The number of alkyl halides is 3. The molecule has 1 rings (SSSR count). The predicted octanol–water partition coefficient (Wildman–Crippen LogP) is 3.74. The summed E-state index contributed by atoms with van der Waals surface area (Å²) in [6, 6.07) is 0.855. The Morgan fingerprint density at radius 1 is 1.37 bits per heavy atom. The molecule has 106 valence electrons. The Balaban J connectivity index is 3.05. The van der Waals surface area contributed by atoms with Gasteiger partial charge in [-0.2, -0.15) is 13.2 Å². The summed E-state index contributed by atoms with van der Waals surface area (Å²) >= 11 is 1.55. The summed E-state index contributed by atoms with van der Waals surface area (Å²) in [6.07, 6.45) is -2.32.